The van der Waals surface area contributed by atoms with Gasteiger partial charge in [0.05, 0.1) is 30.2 Å². The monoisotopic (exact) mass is 566 g/mol. The van der Waals surface area contributed by atoms with Crippen molar-refractivity contribution in [3.63, 3.8) is 0 Å². The van der Waals surface area contributed by atoms with Gasteiger partial charge >= 0.3 is 0 Å². The SMILES string of the molecule is CCCCCCCCC[P+](CCCCCCCCC)(c1ccccc1)c1ccccc1.[I-]. The van der Waals surface area contributed by atoms with Gasteiger partial charge in [-0.3, -0.25) is 0 Å². The number of rotatable bonds is 18. The number of hydrogen-bond acceptors (Lipinski definition) is 0. The molecule has 2 heteroatoms. The average Bonchev–Trinajstić information content (AvgIpc) is 2.83. The molecule has 0 aliphatic heterocycles. The minimum atomic E-state index is -1.32. The van der Waals surface area contributed by atoms with E-state index in [0.717, 1.165) is 0 Å². The highest BCUT2D eigenvalue weighted by Crippen LogP contribution is 2.57. The van der Waals surface area contributed by atoms with Crippen molar-refractivity contribution in [2.24, 2.45) is 0 Å². The minimum Gasteiger partial charge on any atom is -1.00 e. The fourth-order valence-corrected chi connectivity index (χ4v) is 9.45. The fourth-order valence-electron chi connectivity index (χ4n) is 4.88. The van der Waals surface area contributed by atoms with E-state index in [-0.39, 0.29) is 24.0 Å². The summed E-state index contributed by atoms with van der Waals surface area (Å²) < 4.78 is 0. The summed E-state index contributed by atoms with van der Waals surface area (Å²) in [7, 11) is -1.32. The summed E-state index contributed by atoms with van der Waals surface area (Å²) in [4.78, 5) is 0. The van der Waals surface area contributed by atoms with E-state index in [9.17, 15) is 0 Å². The lowest BCUT2D eigenvalue weighted by atomic mass is 10.1. The van der Waals surface area contributed by atoms with Gasteiger partial charge in [-0.15, -0.1) is 0 Å². The molecule has 0 aliphatic rings. The third-order valence-electron chi connectivity index (χ3n) is 6.79. The molecule has 0 aliphatic carbocycles. The summed E-state index contributed by atoms with van der Waals surface area (Å²) in [5, 5.41) is 3.27. The number of halogens is 1. The molecule has 0 aromatic heterocycles. The van der Waals surface area contributed by atoms with Crippen LogP contribution in [0.4, 0.5) is 0 Å². The van der Waals surface area contributed by atoms with Gasteiger partial charge in [0.25, 0.3) is 0 Å². The van der Waals surface area contributed by atoms with Gasteiger partial charge in [0.1, 0.15) is 0 Å². The van der Waals surface area contributed by atoms with Crippen LogP contribution in [0.15, 0.2) is 60.7 Å². The Hall–Kier alpha value is -0.400. The second-order valence-electron chi connectivity index (χ2n) is 9.33. The molecular formula is C30H48IP. The molecule has 0 saturated carbocycles. The number of hydrogen-bond donors (Lipinski definition) is 0. The lowest BCUT2D eigenvalue weighted by Gasteiger charge is -2.28. The van der Waals surface area contributed by atoms with Gasteiger partial charge in [-0.2, -0.15) is 0 Å². The highest BCUT2D eigenvalue weighted by atomic mass is 127. The molecule has 0 atom stereocenters. The molecule has 0 nitrogen and oxygen atoms in total. The first-order valence-electron chi connectivity index (χ1n) is 13.3. The fraction of sp³-hybridized carbons (Fsp3) is 0.600. The van der Waals surface area contributed by atoms with E-state index in [0.29, 0.717) is 0 Å². The van der Waals surface area contributed by atoms with Crippen molar-refractivity contribution >= 4 is 17.9 Å². The molecule has 2 aromatic rings. The first-order chi connectivity index (χ1) is 15.3. The third-order valence-corrected chi connectivity index (χ3v) is 11.5. The van der Waals surface area contributed by atoms with Crippen LogP contribution in [-0.2, 0) is 0 Å². The van der Waals surface area contributed by atoms with Crippen LogP contribution in [0.2, 0.25) is 0 Å². The molecule has 2 aromatic carbocycles. The van der Waals surface area contributed by atoms with E-state index in [1.54, 1.807) is 10.6 Å². The van der Waals surface area contributed by atoms with Crippen molar-refractivity contribution in [3.05, 3.63) is 60.7 Å². The maximum Gasteiger partial charge on any atom is 0.0991 e. The van der Waals surface area contributed by atoms with Gasteiger partial charge in [0, 0.05) is 0 Å². The molecule has 0 fully saturated rings. The first-order valence-corrected chi connectivity index (χ1v) is 15.5. The predicted octanol–water partition coefficient (Wildman–Crippen LogP) is 6.16. The third kappa shape index (κ3) is 10.7. The van der Waals surface area contributed by atoms with Crippen molar-refractivity contribution in [1.29, 1.82) is 0 Å². The molecule has 2 rings (SSSR count). The van der Waals surface area contributed by atoms with Crippen molar-refractivity contribution < 1.29 is 24.0 Å². The summed E-state index contributed by atoms with van der Waals surface area (Å²) in [6.45, 7) is 4.62. The minimum absolute atomic E-state index is 0. The highest BCUT2D eigenvalue weighted by molar-refractivity contribution is 7.89. The summed E-state index contributed by atoms with van der Waals surface area (Å²) in [6.07, 6.45) is 22.4. The Labute approximate surface area is 217 Å². The summed E-state index contributed by atoms with van der Waals surface area (Å²) in [5.74, 6) is 0. The molecular weight excluding hydrogens is 518 g/mol. The lowest BCUT2D eigenvalue weighted by Crippen LogP contribution is -3.00. The van der Waals surface area contributed by atoms with E-state index in [2.05, 4.69) is 74.5 Å². The zero-order valence-corrected chi connectivity index (χ0v) is 24.0. The van der Waals surface area contributed by atoms with Gasteiger partial charge in [-0.05, 0) is 49.9 Å². The molecule has 0 bridgehead atoms. The largest absolute Gasteiger partial charge is 1.00 e. The molecule has 0 amide bonds. The standard InChI is InChI=1S/C30H48P.HI/c1-3-5-7-9-11-13-21-27-31(29-23-17-15-18-24-29,30-25-19-16-20-26-30)28-22-14-12-10-8-6-4-2;/h15-20,23-26H,3-14,21-22,27-28H2,1-2H3;1H/q+1;/p-1. The zero-order chi connectivity index (χ0) is 22.0. The van der Waals surface area contributed by atoms with Gasteiger partial charge in [-0.1, -0.05) is 114 Å². The topological polar surface area (TPSA) is 0 Å². The second-order valence-corrected chi connectivity index (χ2v) is 13.2. The second kappa shape index (κ2) is 19.0. The quantitative estimate of drug-likeness (QED) is 0.115. The Morgan fingerprint density at radius 2 is 0.750 bits per heavy atom. The maximum atomic E-state index is 2.43. The van der Waals surface area contributed by atoms with E-state index in [1.807, 2.05) is 0 Å². The average molecular weight is 567 g/mol. The van der Waals surface area contributed by atoms with E-state index in [4.69, 9.17) is 0 Å². The van der Waals surface area contributed by atoms with E-state index in [1.165, 1.54) is 102 Å². The summed E-state index contributed by atoms with van der Waals surface area (Å²) in [6, 6.07) is 23.2. The maximum absolute atomic E-state index is 2.43. The van der Waals surface area contributed by atoms with Crippen molar-refractivity contribution in [3.8, 4) is 0 Å². The molecule has 0 heterocycles. The lowest BCUT2D eigenvalue weighted by molar-refractivity contribution is -0.00000657. The van der Waals surface area contributed by atoms with Crippen LogP contribution < -0.4 is 34.6 Å². The Kier molecular flexibility index (Phi) is 17.6. The molecule has 0 spiro atoms. The predicted molar refractivity (Wildman–Crippen MR) is 145 cm³/mol. The number of unbranched alkanes of at least 4 members (excludes halogenated alkanes) is 12. The van der Waals surface area contributed by atoms with Gasteiger partial charge in [-0.25, -0.2) is 0 Å². The molecule has 180 valence electrons. The van der Waals surface area contributed by atoms with Crippen LogP contribution in [-0.4, -0.2) is 12.3 Å². The molecule has 0 N–H and O–H groups in total. The Morgan fingerprint density at radius 3 is 1.09 bits per heavy atom. The first kappa shape index (κ1) is 29.6. The summed E-state index contributed by atoms with van der Waals surface area (Å²) >= 11 is 0. The Balaban J connectivity index is 0.00000512. The van der Waals surface area contributed by atoms with Crippen LogP contribution in [0.25, 0.3) is 0 Å². The Morgan fingerprint density at radius 1 is 0.438 bits per heavy atom. The van der Waals surface area contributed by atoms with E-state index < -0.39 is 7.26 Å². The summed E-state index contributed by atoms with van der Waals surface area (Å²) in [5.41, 5.74) is 0. The highest BCUT2D eigenvalue weighted by Gasteiger charge is 2.41. The molecule has 32 heavy (non-hydrogen) atoms. The van der Waals surface area contributed by atoms with Crippen molar-refractivity contribution in [2.45, 2.75) is 104 Å². The zero-order valence-electron chi connectivity index (χ0n) is 20.9. The van der Waals surface area contributed by atoms with Crippen LogP contribution >= 0.6 is 7.26 Å². The van der Waals surface area contributed by atoms with E-state index >= 15 is 0 Å². The smallest absolute Gasteiger partial charge is 0.0991 e. The van der Waals surface area contributed by atoms with Gasteiger partial charge in [0.2, 0.25) is 0 Å². The Bertz CT molecular complexity index is 596. The molecule has 0 radical (unpaired) electrons. The molecule has 0 unspecified atom stereocenters. The van der Waals surface area contributed by atoms with Crippen molar-refractivity contribution in [2.75, 3.05) is 12.3 Å². The van der Waals surface area contributed by atoms with Crippen molar-refractivity contribution in [1.82, 2.24) is 0 Å². The van der Waals surface area contributed by atoms with Crippen LogP contribution in [0.5, 0.6) is 0 Å². The number of benzene rings is 2. The van der Waals surface area contributed by atoms with Crippen LogP contribution in [0.1, 0.15) is 104 Å². The van der Waals surface area contributed by atoms with Crippen LogP contribution in [0.3, 0.4) is 0 Å². The van der Waals surface area contributed by atoms with Gasteiger partial charge < -0.3 is 24.0 Å². The van der Waals surface area contributed by atoms with Crippen LogP contribution in [0, 0.1) is 0 Å². The normalized spacial score (nSPS) is 11.3. The molecule has 0 saturated heterocycles. The van der Waals surface area contributed by atoms with Gasteiger partial charge in [0.15, 0.2) is 0 Å².